The second-order valence-corrected chi connectivity index (χ2v) is 8.88. The highest BCUT2D eigenvalue weighted by atomic mass is 32.2. The summed E-state index contributed by atoms with van der Waals surface area (Å²) in [5.74, 6) is 3.23. The molecule has 0 N–H and O–H groups in total. The van der Waals surface area contributed by atoms with E-state index in [-0.39, 0.29) is 0 Å². The number of aromatic nitrogens is 4. The molecule has 0 unspecified atom stereocenters. The Morgan fingerprint density at radius 1 is 1.07 bits per heavy atom. The summed E-state index contributed by atoms with van der Waals surface area (Å²) in [6.45, 7) is 4.49. The number of fused-ring (bicyclic) bond motifs is 3. The predicted molar refractivity (Wildman–Crippen MR) is 116 cm³/mol. The number of para-hydroxylation sites is 1. The van der Waals surface area contributed by atoms with Crippen LogP contribution >= 0.6 is 23.1 Å². The Kier molecular flexibility index (Phi) is 4.53. The Morgan fingerprint density at radius 3 is 2.71 bits per heavy atom. The van der Waals surface area contributed by atoms with Gasteiger partial charge in [0, 0.05) is 15.8 Å². The van der Waals surface area contributed by atoms with Crippen LogP contribution in [0, 0.1) is 0 Å². The Bertz CT molecular complexity index is 1130. The minimum Gasteiger partial charge on any atom is -0.275 e. The van der Waals surface area contributed by atoms with Gasteiger partial charge < -0.3 is 0 Å². The third-order valence-electron chi connectivity index (χ3n) is 5.28. The molecule has 0 bridgehead atoms. The number of nitrogens with zero attached hydrogens (tertiary/aromatic N) is 4. The summed E-state index contributed by atoms with van der Waals surface area (Å²) in [5, 5.41) is 11.9. The lowest BCUT2D eigenvalue weighted by molar-refractivity contribution is 0.734. The van der Waals surface area contributed by atoms with Crippen LogP contribution in [0.1, 0.15) is 37.6 Å². The number of thiazole rings is 1. The van der Waals surface area contributed by atoms with Gasteiger partial charge in [0.15, 0.2) is 10.8 Å². The predicted octanol–water partition coefficient (Wildman–Crippen LogP) is 6.18. The van der Waals surface area contributed by atoms with Gasteiger partial charge in [-0.2, -0.15) is 0 Å². The van der Waals surface area contributed by atoms with Crippen LogP contribution < -0.4 is 0 Å². The molecule has 0 aliphatic carbocycles. The monoisotopic (exact) mass is 404 g/mol. The molecule has 5 rings (SSSR count). The van der Waals surface area contributed by atoms with Crippen LogP contribution in [0.15, 0.2) is 58.8 Å². The fourth-order valence-corrected chi connectivity index (χ4v) is 5.19. The third-order valence-corrected chi connectivity index (χ3v) is 7.17. The molecule has 0 spiro atoms. The largest absolute Gasteiger partial charge is 0.275 e. The zero-order chi connectivity index (χ0) is 19.1. The van der Waals surface area contributed by atoms with Gasteiger partial charge in [-0.25, -0.2) is 4.98 Å². The van der Waals surface area contributed by atoms with E-state index in [0.29, 0.717) is 5.92 Å². The second kappa shape index (κ2) is 7.18. The smallest absolute Gasteiger partial charge is 0.197 e. The molecule has 4 nitrogen and oxygen atoms in total. The van der Waals surface area contributed by atoms with Crippen LogP contribution in [0.4, 0.5) is 0 Å². The van der Waals surface area contributed by atoms with Gasteiger partial charge in [-0.05, 0) is 30.0 Å². The minimum atomic E-state index is 0.584. The van der Waals surface area contributed by atoms with E-state index in [0.717, 1.165) is 45.8 Å². The number of rotatable bonds is 4. The number of thioether (sulfide) groups is 1. The Balaban J connectivity index is 1.51. The zero-order valence-corrected chi connectivity index (χ0v) is 17.4. The van der Waals surface area contributed by atoms with Crippen molar-refractivity contribution in [2.45, 2.75) is 36.8 Å². The summed E-state index contributed by atoms with van der Waals surface area (Å²) < 4.78 is 2.15. The Hall–Kier alpha value is -2.44. The van der Waals surface area contributed by atoms with E-state index in [1.807, 2.05) is 11.8 Å². The van der Waals surface area contributed by atoms with Gasteiger partial charge in [-0.1, -0.05) is 50.2 Å². The maximum Gasteiger partial charge on any atom is 0.197 e. The van der Waals surface area contributed by atoms with Crippen LogP contribution in [0.3, 0.4) is 0 Å². The average molecular weight is 405 g/mol. The van der Waals surface area contributed by atoms with Crippen molar-refractivity contribution in [3.8, 4) is 27.8 Å². The van der Waals surface area contributed by atoms with Gasteiger partial charge >= 0.3 is 0 Å². The first-order valence-corrected chi connectivity index (χ1v) is 11.3. The highest BCUT2D eigenvalue weighted by molar-refractivity contribution is 7.98. The molecule has 0 radical (unpaired) electrons. The Labute approximate surface area is 172 Å². The molecule has 1 aliphatic heterocycles. The van der Waals surface area contributed by atoms with E-state index in [4.69, 9.17) is 4.98 Å². The topological polar surface area (TPSA) is 43.6 Å². The standard InChI is InChI=1S/C22H20N4S2/c1-3-14(2)15-8-10-16(11-9-15)17-12-28-22(23-17)21-25-24-20-13-27-19-7-5-4-6-18(19)26(20)21/h4-12,14H,3,13H2,1-2H3/t14-/m1/s1. The highest BCUT2D eigenvalue weighted by Crippen LogP contribution is 2.38. The lowest BCUT2D eigenvalue weighted by Gasteiger charge is -2.17. The fourth-order valence-electron chi connectivity index (χ4n) is 3.44. The number of benzene rings is 2. The first kappa shape index (κ1) is 17.6. The average Bonchev–Trinajstić information content (AvgIpc) is 3.40. The molecule has 0 saturated heterocycles. The van der Waals surface area contributed by atoms with Gasteiger partial charge in [-0.15, -0.1) is 33.3 Å². The lowest BCUT2D eigenvalue weighted by Crippen LogP contribution is -2.07. The lowest BCUT2D eigenvalue weighted by atomic mass is 9.97. The quantitative estimate of drug-likeness (QED) is 0.407. The van der Waals surface area contributed by atoms with E-state index in [1.54, 1.807) is 11.3 Å². The molecule has 0 amide bonds. The number of hydrogen-bond donors (Lipinski definition) is 0. The minimum absolute atomic E-state index is 0.584. The molecule has 6 heteroatoms. The van der Waals surface area contributed by atoms with Crippen molar-refractivity contribution in [1.82, 2.24) is 19.7 Å². The van der Waals surface area contributed by atoms with Crippen LogP contribution in [0.25, 0.3) is 27.8 Å². The molecule has 1 atom stereocenters. The molecule has 3 heterocycles. The first-order valence-electron chi connectivity index (χ1n) is 9.47. The zero-order valence-electron chi connectivity index (χ0n) is 15.8. The third kappa shape index (κ3) is 2.97. The molecule has 0 fully saturated rings. The van der Waals surface area contributed by atoms with Gasteiger partial charge in [0.05, 0.1) is 17.1 Å². The van der Waals surface area contributed by atoms with Gasteiger partial charge in [-0.3, -0.25) is 4.57 Å². The van der Waals surface area contributed by atoms with Crippen LogP contribution in [0.5, 0.6) is 0 Å². The van der Waals surface area contributed by atoms with E-state index < -0.39 is 0 Å². The normalized spacial score (nSPS) is 13.8. The molecule has 140 valence electrons. The maximum absolute atomic E-state index is 4.89. The summed E-state index contributed by atoms with van der Waals surface area (Å²) in [6, 6.07) is 17.2. The van der Waals surface area contributed by atoms with Crippen molar-refractivity contribution in [2.75, 3.05) is 0 Å². The van der Waals surface area contributed by atoms with Crippen molar-refractivity contribution in [3.05, 3.63) is 65.3 Å². The second-order valence-electron chi connectivity index (χ2n) is 7.00. The summed E-state index contributed by atoms with van der Waals surface area (Å²) in [7, 11) is 0. The molecule has 28 heavy (non-hydrogen) atoms. The highest BCUT2D eigenvalue weighted by Gasteiger charge is 2.24. The molecular formula is C22H20N4S2. The molecule has 2 aromatic heterocycles. The first-order chi connectivity index (χ1) is 13.7. The SMILES string of the molecule is CC[C@@H](C)c1ccc(-c2csc(-c3nnc4n3-c3ccccc3SC4)n2)cc1. The molecular weight excluding hydrogens is 384 g/mol. The van der Waals surface area contributed by atoms with Crippen LogP contribution in [-0.2, 0) is 5.75 Å². The van der Waals surface area contributed by atoms with Crippen LogP contribution in [-0.4, -0.2) is 19.7 Å². The van der Waals surface area contributed by atoms with Crippen molar-refractivity contribution >= 4 is 23.1 Å². The van der Waals surface area contributed by atoms with Crippen LogP contribution in [0.2, 0.25) is 0 Å². The van der Waals surface area contributed by atoms with Crippen molar-refractivity contribution in [2.24, 2.45) is 0 Å². The summed E-state index contributed by atoms with van der Waals surface area (Å²) in [5.41, 5.74) is 4.65. The Morgan fingerprint density at radius 2 is 1.89 bits per heavy atom. The fraction of sp³-hybridized carbons (Fsp3) is 0.227. The molecule has 2 aromatic carbocycles. The van der Waals surface area contributed by atoms with Gasteiger partial charge in [0.2, 0.25) is 0 Å². The van der Waals surface area contributed by atoms with E-state index >= 15 is 0 Å². The molecule has 4 aromatic rings. The van der Waals surface area contributed by atoms with Crippen molar-refractivity contribution in [3.63, 3.8) is 0 Å². The summed E-state index contributed by atoms with van der Waals surface area (Å²) in [4.78, 5) is 6.14. The van der Waals surface area contributed by atoms with Gasteiger partial charge in [0.1, 0.15) is 5.82 Å². The summed E-state index contributed by atoms with van der Waals surface area (Å²) in [6.07, 6.45) is 1.15. The molecule has 0 saturated carbocycles. The number of hydrogen-bond acceptors (Lipinski definition) is 5. The van der Waals surface area contributed by atoms with Crippen molar-refractivity contribution < 1.29 is 0 Å². The van der Waals surface area contributed by atoms with Crippen molar-refractivity contribution in [1.29, 1.82) is 0 Å². The van der Waals surface area contributed by atoms with E-state index in [9.17, 15) is 0 Å². The molecule has 1 aliphatic rings. The van der Waals surface area contributed by atoms with E-state index in [1.165, 1.54) is 10.5 Å². The summed E-state index contributed by atoms with van der Waals surface area (Å²) >= 11 is 3.43. The van der Waals surface area contributed by atoms with E-state index in [2.05, 4.69) is 82.5 Å². The maximum atomic E-state index is 4.89. The van der Waals surface area contributed by atoms with Gasteiger partial charge in [0.25, 0.3) is 0 Å².